The number of carbonyl (C=O) groups excluding carboxylic acids is 2. The van der Waals surface area contributed by atoms with Crippen molar-refractivity contribution in [1.82, 2.24) is 5.32 Å². The maximum Gasteiger partial charge on any atom is 0.328 e. The highest BCUT2D eigenvalue weighted by Gasteiger charge is 2.37. The average molecular weight is 330 g/mol. The molecule has 124 valence electrons. The Bertz CT molecular complexity index is 653. The predicted octanol–water partition coefficient (Wildman–Crippen LogP) is 0.857. The van der Waals surface area contributed by atoms with Crippen LogP contribution in [0.1, 0.15) is 6.42 Å². The van der Waals surface area contributed by atoms with Crippen molar-refractivity contribution in [3.8, 4) is 0 Å². The fourth-order valence-electron chi connectivity index (χ4n) is 2.27. The first-order chi connectivity index (χ1) is 10.8. The largest absolute Gasteiger partial charge is 0.480 e. The molecular weight excluding hydrogens is 317 g/mol. The summed E-state index contributed by atoms with van der Waals surface area (Å²) in [7, 11) is 0. The van der Waals surface area contributed by atoms with Crippen LogP contribution in [-0.4, -0.2) is 42.2 Å². The van der Waals surface area contributed by atoms with Crippen LogP contribution in [-0.2, 0) is 14.4 Å². The van der Waals surface area contributed by atoms with Crippen molar-refractivity contribution >= 4 is 23.5 Å². The Morgan fingerprint density at radius 1 is 1.39 bits per heavy atom. The summed E-state index contributed by atoms with van der Waals surface area (Å²) in [4.78, 5) is 35.5. The number of hydrogen-bond donors (Lipinski definition) is 2. The minimum absolute atomic E-state index is 0.174. The highest BCUT2D eigenvalue weighted by molar-refractivity contribution is 6.00. The summed E-state index contributed by atoms with van der Waals surface area (Å²) >= 11 is 0. The zero-order valence-corrected chi connectivity index (χ0v) is 11.8. The molecule has 1 saturated heterocycles. The van der Waals surface area contributed by atoms with E-state index in [9.17, 15) is 27.6 Å². The summed E-state index contributed by atoms with van der Waals surface area (Å²) in [6.07, 6.45) is -0.277. The fraction of sp³-hybridized carbons (Fsp3) is 0.357. The van der Waals surface area contributed by atoms with E-state index >= 15 is 0 Å². The third-order valence-electron chi connectivity index (χ3n) is 3.47. The molecule has 0 spiro atoms. The van der Waals surface area contributed by atoms with Crippen molar-refractivity contribution in [2.24, 2.45) is 5.92 Å². The van der Waals surface area contributed by atoms with Gasteiger partial charge in [-0.2, -0.15) is 0 Å². The van der Waals surface area contributed by atoms with Crippen molar-refractivity contribution in [2.75, 3.05) is 18.1 Å². The van der Waals surface area contributed by atoms with Crippen LogP contribution < -0.4 is 10.2 Å². The van der Waals surface area contributed by atoms with Gasteiger partial charge in [-0.15, -0.1) is 0 Å². The molecule has 0 aliphatic carbocycles. The van der Waals surface area contributed by atoms with Gasteiger partial charge >= 0.3 is 5.97 Å². The molecule has 1 aromatic carbocycles. The molecule has 2 amide bonds. The second-order valence-corrected chi connectivity index (χ2v) is 5.05. The zero-order chi connectivity index (χ0) is 17.1. The third kappa shape index (κ3) is 3.61. The molecule has 2 rings (SSSR count). The van der Waals surface area contributed by atoms with E-state index < -0.39 is 48.1 Å². The summed E-state index contributed by atoms with van der Waals surface area (Å²) in [5.74, 6) is -5.62. The van der Waals surface area contributed by atoms with Crippen LogP contribution in [0.4, 0.5) is 18.9 Å². The monoisotopic (exact) mass is 330 g/mol. The standard InChI is InChI=1S/C14H13F3N2O4/c15-5-10(14(22)23)18-13(21)7-3-12(20)19(6-7)11-2-1-8(16)4-9(11)17/h1-2,4,7,10H,3,5-6H2,(H,18,21)(H,22,23). The Morgan fingerprint density at radius 2 is 2.09 bits per heavy atom. The first-order valence-electron chi connectivity index (χ1n) is 6.68. The number of halogens is 3. The number of carboxylic acid groups (broad SMARTS) is 1. The molecule has 0 saturated carbocycles. The lowest BCUT2D eigenvalue weighted by molar-refractivity contribution is -0.142. The van der Waals surface area contributed by atoms with Gasteiger partial charge in [0.05, 0.1) is 11.6 Å². The minimum Gasteiger partial charge on any atom is -0.480 e. The number of nitrogens with zero attached hydrogens (tertiary/aromatic N) is 1. The van der Waals surface area contributed by atoms with Gasteiger partial charge in [0.15, 0.2) is 6.04 Å². The number of nitrogens with one attached hydrogen (secondary N) is 1. The molecule has 0 aromatic heterocycles. The van der Waals surface area contributed by atoms with E-state index in [0.29, 0.717) is 6.07 Å². The molecule has 0 bridgehead atoms. The number of benzene rings is 1. The van der Waals surface area contributed by atoms with Crippen LogP contribution in [0.3, 0.4) is 0 Å². The smallest absolute Gasteiger partial charge is 0.328 e. The molecule has 23 heavy (non-hydrogen) atoms. The van der Waals surface area contributed by atoms with Gasteiger partial charge in [0.1, 0.15) is 18.3 Å². The average Bonchev–Trinajstić information content (AvgIpc) is 2.86. The summed E-state index contributed by atoms with van der Waals surface area (Å²) in [6, 6.07) is 0.960. The van der Waals surface area contributed by atoms with Gasteiger partial charge in [0, 0.05) is 19.0 Å². The fourth-order valence-corrected chi connectivity index (χ4v) is 2.27. The van der Waals surface area contributed by atoms with E-state index in [2.05, 4.69) is 0 Å². The van der Waals surface area contributed by atoms with E-state index in [1.165, 1.54) is 0 Å². The van der Waals surface area contributed by atoms with E-state index in [0.717, 1.165) is 17.0 Å². The lowest BCUT2D eigenvalue weighted by Crippen LogP contribution is -2.45. The second-order valence-electron chi connectivity index (χ2n) is 5.05. The molecule has 6 nitrogen and oxygen atoms in total. The normalized spacial score (nSPS) is 18.8. The lowest BCUT2D eigenvalue weighted by Gasteiger charge is -2.18. The van der Waals surface area contributed by atoms with Gasteiger partial charge in [-0.25, -0.2) is 18.0 Å². The Kier molecular flexibility index (Phi) is 4.87. The molecule has 1 aliphatic rings. The highest BCUT2D eigenvalue weighted by Crippen LogP contribution is 2.28. The minimum atomic E-state index is -1.70. The van der Waals surface area contributed by atoms with Gasteiger partial charge in [-0.3, -0.25) is 9.59 Å². The van der Waals surface area contributed by atoms with Crippen LogP contribution >= 0.6 is 0 Å². The number of carbonyl (C=O) groups is 3. The first-order valence-corrected chi connectivity index (χ1v) is 6.68. The molecule has 2 unspecified atom stereocenters. The van der Waals surface area contributed by atoms with Gasteiger partial charge in [0.25, 0.3) is 0 Å². The molecule has 0 radical (unpaired) electrons. The van der Waals surface area contributed by atoms with Crippen molar-refractivity contribution in [3.63, 3.8) is 0 Å². The lowest BCUT2D eigenvalue weighted by atomic mass is 10.1. The molecule has 1 heterocycles. The Morgan fingerprint density at radius 3 is 2.65 bits per heavy atom. The van der Waals surface area contributed by atoms with Crippen LogP contribution in [0, 0.1) is 17.6 Å². The van der Waals surface area contributed by atoms with Crippen LogP contribution in [0.15, 0.2) is 18.2 Å². The number of alkyl halides is 1. The molecule has 9 heteroatoms. The molecule has 2 N–H and O–H groups in total. The van der Waals surface area contributed by atoms with Gasteiger partial charge in [0.2, 0.25) is 11.8 Å². The van der Waals surface area contributed by atoms with Crippen LogP contribution in [0.5, 0.6) is 0 Å². The molecule has 1 aromatic rings. The number of amides is 2. The van der Waals surface area contributed by atoms with E-state index in [1.807, 2.05) is 5.32 Å². The van der Waals surface area contributed by atoms with E-state index in [1.54, 1.807) is 0 Å². The number of rotatable bonds is 5. The third-order valence-corrected chi connectivity index (χ3v) is 3.47. The molecular formula is C14H13F3N2O4. The Hall–Kier alpha value is -2.58. The molecule has 1 fully saturated rings. The number of aliphatic carboxylic acids is 1. The number of carboxylic acids is 1. The van der Waals surface area contributed by atoms with Gasteiger partial charge in [-0.1, -0.05) is 0 Å². The molecule has 1 aliphatic heterocycles. The topological polar surface area (TPSA) is 86.7 Å². The van der Waals surface area contributed by atoms with Crippen molar-refractivity contribution in [1.29, 1.82) is 0 Å². The summed E-state index contributed by atoms with van der Waals surface area (Å²) < 4.78 is 39.1. The Labute approximate surface area is 128 Å². The second kappa shape index (κ2) is 6.67. The first kappa shape index (κ1) is 16.8. The summed E-state index contributed by atoms with van der Waals surface area (Å²) in [5, 5.41) is 10.7. The number of hydrogen-bond acceptors (Lipinski definition) is 3. The highest BCUT2D eigenvalue weighted by atomic mass is 19.1. The van der Waals surface area contributed by atoms with Gasteiger partial charge < -0.3 is 15.3 Å². The maximum absolute atomic E-state index is 13.7. The number of anilines is 1. The van der Waals surface area contributed by atoms with Crippen LogP contribution in [0.25, 0.3) is 0 Å². The van der Waals surface area contributed by atoms with E-state index in [-0.39, 0.29) is 18.7 Å². The molecule has 2 atom stereocenters. The van der Waals surface area contributed by atoms with E-state index in [4.69, 9.17) is 5.11 Å². The summed E-state index contributed by atoms with van der Waals surface area (Å²) in [6.45, 7) is -1.50. The summed E-state index contributed by atoms with van der Waals surface area (Å²) in [5.41, 5.74) is -0.174. The van der Waals surface area contributed by atoms with Gasteiger partial charge in [-0.05, 0) is 12.1 Å². The van der Waals surface area contributed by atoms with Crippen molar-refractivity contribution in [2.45, 2.75) is 12.5 Å². The predicted molar refractivity (Wildman–Crippen MR) is 72.4 cm³/mol. The zero-order valence-electron chi connectivity index (χ0n) is 11.8. The van der Waals surface area contributed by atoms with Crippen molar-refractivity contribution < 1.29 is 32.7 Å². The quantitative estimate of drug-likeness (QED) is 0.838. The SMILES string of the molecule is O=C(NC(CF)C(=O)O)C1CC(=O)N(c2ccc(F)cc2F)C1. The maximum atomic E-state index is 13.7. The van der Waals surface area contributed by atoms with Crippen molar-refractivity contribution in [3.05, 3.63) is 29.8 Å². The van der Waals surface area contributed by atoms with Crippen LogP contribution in [0.2, 0.25) is 0 Å². The Balaban J connectivity index is 2.10.